The molecule has 0 radical (unpaired) electrons. The van der Waals surface area contributed by atoms with Crippen LogP contribution < -0.4 is 15.4 Å². The molecule has 0 saturated carbocycles. The Balaban J connectivity index is 1.60. The first kappa shape index (κ1) is 18.1. The number of anilines is 1. The van der Waals surface area contributed by atoms with E-state index >= 15 is 0 Å². The van der Waals surface area contributed by atoms with Crippen molar-refractivity contribution in [2.24, 2.45) is 0 Å². The van der Waals surface area contributed by atoms with Gasteiger partial charge in [-0.05, 0) is 47.5 Å². The van der Waals surface area contributed by atoms with Crippen LogP contribution >= 0.6 is 0 Å². The van der Waals surface area contributed by atoms with Gasteiger partial charge >= 0.3 is 0 Å². The lowest BCUT2D eigenvalue weighted by atomic mass is 10.0. The van der Waals surface area contributed by atoms with Crippen LogP contribution in [0, 0.1) is 0 Å². The van der Waals surface area contributed by atoms with Crippen molar-refractivity contribution < 1.29 is 9.53 Å². The molecule has 5 rings (SSSR count). The largest absolute Gasteiger partial charge is 0.491 e. The molecule has 3 heterocycles. The lowest BCUT2D eigenvalue weighted by molar-refractivity contribution is 0.0957. The second-order valence-corrected chi connectivity index (χ2v) is 6.93. The molecule has 0 atom stereocenters. The number of amides is 1. The fourth-order valence-corrected chi connectivity index (χ4v) is 3.55. The van der Waals surface area contributed by atoms with E-state index in [0.717, 1.165) is 33.4 Å². The highest BCUT2D eigenvalue weighted by Gasteiger charge is 2.17. The molecule has 1 amide bonds. The van der Waals surface area contributed by atoms with Crippen molar-refractivity contribution in [3.8, 4) is 28.3 Å². The van der Waals surface area contributed by atoms with Crippen LogP contribution in [0.25, 0.3) is 33.4 Å². The number of nitrogens with zero attached hydrogens (tertiary/aromatic N) is 3. The number of ether oxygens (including phenoxy) is 1. The predicted octanol–water partition coefficient (Wildman–Crippen LogP) is 3.52. The third kappa shape index (κ3) is 3.20. The summed E-state index contributed by atoms with van der Waals surface area (Å²) in [7, 11) is 1.84. The summed E-state index contributed by atoms with van der Waals surface area (Å²) >= 11 is 0. The molecule has 7 nitrogen and oxygen atoms in total. The van der Waals surface area contributed by atoms with Gasteiger partial charge in [0.2, 0.25) is 0 Å². The lowest BCUT2D eigenvalue weighted by Crippen LogP contribution is -2.24. The Morgan fingerprint density at radius 3 is 2.73 bits per heavy atom. The van der Waals surface area contributed by atoms with Crippen LogP contribution in [-0.2, 0) is 0 Å². The quantitative estimate of drug-likeness (QED) is 0.550. The molecule has 0 aliphatic carbocycles. The summed E-state index contributed by atoms with van der Waals surface area (Å²) < 4.78 is 5.75. The number of aromatic nitrogens is 3. The third-order valence-corrected chi connectivity index (χ3v) is 5.06. The predicted molar refractivity (Wildman–Crippen MR) is 116 cm³/mol. The highest BCUT2D eigenvalue weighted by atomic mass is 16.5. The van der Waals surface area contributed by atoms with Gasteiger partial charge in [-0.1, -0.05) is 12.1 Å². The Morgan fingerprint density at radius 2 is 1.90 bits per heavy atom. The minimum Gasteiger partial charge on any atom is -0.491 e. The fraction of sp³-hybridized carbons (Fsp3) is 0.130. The summed E-state index contributed by atoms with van der Waals surface area (Å²) in [5.74, 6) is 1.85. The van der Waals surface area contributed by atoms with Crippen LogP contribution in [0.3, 0.4) is 0 Å². The number of hydrogen-bond donors (Lipinski definition) is 2. The van der Waals surface area contributed by atoms with Crippen LogP contribution in [-0.4, -0.2) is 41.1 Å². The zero-order valence-electron chi connectivity index (χ0n) is 16.3. The highest BCUT2D eigenvalue weighted by Crippen LogP contribution is 2.32. The van der Waals surface area contributed by atoms with Crippen molar-refractivity contribution in [3.63, 3.8) is 0 Å². The summed E-state index contributed by atoms with van der Waals surface area (Å²) in [6.07, 6.45) is 3.48. The highest BCUT2D eigenvalue weighted by molar-refractivity contribution is 5.98. The van der Waals surface area contributed by atoms with Gasteiger partial charge < -0.3 is 15.4 Å². The Hall–Kier alpha value is -4.00. The number of carbonyl (C=O) groups is 1. The molecule has 0 fully saturated rings. The Kier molecular flexibility index (Phi) is 4.48. The van der Waals surface area contributed by atoms with Gasteiger partial charge in [0.05, 0.1) is 17.6 Å². The molecule has 0 saturated heterocycles. The standard InChI is InChI=1S/C23H19N5O2/c1-24-22-18-11-14(15-4-6-17-20(12-15)30-10-9-26-23(17)29)5-7-19(18)27-21(28-22)16-3-2-8-25-13-16/h2-8,11-13H,9-10H2,1H3,(H,26,29)(H,24,27,28). The maximum absolute atomic E-state index is 12.1. The first-order chi connectivity index (χ1) is 14.7. The number of carbonyl (C=O) groups excluding carboxylic acids is 1. The summed E-state index contributed by atoms with van der Waals surface area (Å²) in [5, 5.41) is 6.91. The maximum Gasteiger partial charge on any atom is 0.255 e. The van der Waals surface area contributed by atoms with Gasteiger partial charge in [0, 0.05) is 30.4 Å². The van der Waals surface area contributed by atoms with E-state index in [-0.39, 0.29) is 5.91 Å². The number of benzene rings is 2. The molecule has 4 aromatic rings. The molecule has 148 valence electrons. The number of rotatable bonds is 3. The van der Waals surface area contributed by atoms with Crippen LogP contribution in [0.15, 0.2) is 60.9 Å². The summed E-state index contributed by atoms with van der Waals surface area (Å²) in [6, 6.07) is 15.5. The zero-order valence-corrected chi connectivity index (χ0v) is 16.3. The van der Waals surface area contributed by atoms with E-state index in [2.05, 4.69) is 20.6 Å². The Labute approximate surface area is 173 Å². The van der Waals surface area contributed by atoms with E-state index in [1.807, 2.05) is 49.5 Å². The maximum atomic E-state index is 12.1. The molecule has 1 aliphatic rings. The summed E-state index contributed by atoms with van der Waals surface area (Å²) in [6.45, 7) is 0.954. The van der Waals surface area contributed by atoms with Crippen molar-refractivity contribution in [1.82, 2.24) is 20.3 Å². The van der Waals surface area contributed by atoms with Crippen molar-refractivity contribution in [3.05, 3.63) is 66.5 Å². The monoisotopic (exact) mass is 397 g/mol. The number of fused-ring (bicyclic) bond motifs is 2. The fourth-order valence-electron chi connectivity index (χ4n) is 3.55. The van der Waals surface area contributed by atoms with Gasteiger partial charge in [-0.2, -0.15) is 0 Å². The van der Waals surface area contributed by atoms with Gasteiger partial charge in [-0.3, -0.25) is 9.78 Å². The third-order valence-electron chi connectivity index (χ3n) is 5.06. The van der Waals surface area contributed by atoms with E-state index in [0.29, 0.717) is 30.3 Å². The minimum atomic E-state index is -0.110. The van der Waals surface area contributed by atoms with Crippen molar-refractivity contribution in [2.45, 2.75) is 0 Å². The SMILES string of the molecule is CNc1nc(-c2cccnc2)nc2ccc(-c3ccc4c(c3)OCCNC4=O)cc12. The first-order valence-electron chi connectivity index (χ1n) is 9.68. The van der Waals surface area contributed by atoms with Gasteiger partial charge in [0.1, 0.15) is 18.2 Å². The molecule has 1 aliphatic heterocycles. The number of pyridine rings is 1. The smallest absolute Gasteiger partial charge is 0.255 e. The molecule has 0 bridgehead atoms. The molecule has 2 aromatic heterocycles. The van der Waals surface area contributed by atoms with Crippen LogP contribution in [0.1, 0.15) is 10.4 Å². The van der Waals surface area contributed by atoms with E-state index < -0.39 is 0 Å². The van der Waals surface area contributed by atoms with Crippen molar-refractivity contribution in [2.75, 3.05) is 25.5 Å². The molecule has 0 spiro atoms. The molecule has 2 aromatic carbocycles. The Morgan fingerprint density at radius 1 is 1.03 bits per heavy atom. The molecular formula is C23H19N5O2. The van der Waals surface area contributed by atoms with Crippen molar-refractivity contribution >= 4 is 22.6 Å². The normalized spacial score (nSPS) is 13.2. The van der Waals surface area contributed by atoms with E-state index in [9.17, 15) is 4.79 Å². The van der Waals surface area contributed by atoms with Crippen molar-refractivity contribution in [1.29, 1.82) is 0 Å². The van der Waals surface area contributed by atoms with Crippen LogP contribution in [0.5, 0.6) is 5.75 Å². The summed E-state index contributed by atoms with van der Waals surface area (Å²) in [5.41, 5.74) is 4.21. The van der Waals surface area contributed by atoms with Gasteiger partial charge in [0.15, 0.2) is 5.82 Å². The topological polar surface area (TPSA) is 89.0 Å². The van der Waals surface area contributed by atoms with E-state index in [4.69, 9.17) is 9.72 Å². The zero-order chi connectivity index (χ0) is 20.5. The molecule has 2 N–H and O–H groups in total. The molecule has 30 heavy (non-hydrogen) atoms. The summed E-state index contributed by atoms with van der Waals surface area (Å²) in [4.78, 5) is 25.7. The second-order valence-electron chi connectivity index (χ2n) is 6.93. The number of nitrogens with one attached hydrogen (secondary N) is 2. The van der Waals surface area contributed by atoms with E-state index in [1.165, 1.54) is 0 Å². The first-order valence-corrected chi connectivity index (χ1v) is 9.68. The second kappa shape index (κ2) is 7.44. The molecule has 0 unspecified atom stereocenters. The van der Waals surface area contributed by atoms with Crippen LogP contribution in [0.4, 0.5) is 5.82 Å². The molecule has 7 heteroatoms. The van der Waals surface area contributed by atoms with Gasteiger partial charge in [0.25, 0.3) is 5.91 Å². The lowest BCUT2D eigenvalue weighted by Gasteiger charge is -2.11. The van der Waals surface area contributed by atoms with E-state index in [1.54, 1.807) is 18.5 Å². The molecular weight excluding hydrogens is 378 g/mol. The van der Waals surface area contributed by atoms with Gasteiger partial charge in [-0.15, -0.1) is 0 Å². The number of hydrogen-bond acceptors (Lipinski definition) is 6. The average Bonchev–Trinajstić information content (AvgIpc) is 2.99. The average molecular weight is 397 g/mol. The minimum absolute atomic E-state index is 0.110. The Bertz CT molecular complexity index is 1260. The van der Waals surface area contributed by atoms with Gasteiger partial charge in [-0.25, -0.2) is 9.97 Å². The van der Waals surface area contributed by atoms with Crippen LogP contribution in [0.2, 0.25) is 0 Å².